The van der Waals surface area contributed by atoms with Gasteiger partial charge in [-0.15, -0.1) is 0 Å². The Hall–Kier alpha value is -2.36. The van der Waals surface area contributed by atoms with Crippen molar-refractivity contribution in [2.45, 2.75) is 25.4 Å². The molecule has 0 heterocycles. The number of allylic oxidation sites excluding steroid dienone is 1. The minimum Gasteiger partial charge on any atom is -0.455 e. The molecule has 1 aliphatic carbocycles. The summed E-state index contributed by atoms with van der Waals surface area (Å²) in [6.45, 7) is 3.31. The highest BCUT2D eigenvalue weighted by Crippen LogP contribution is 2.17. The molecule has 0 spiro atoms. The second-order valence-electron chi connectivity index (χ2n) is 4.45. The third-order valence-electron chi connectivity index (χ3n) is 2.94. The van der Waals surface area contributed by atoms with E-state index in [0.717, 1.165) is 25.3 Å². The van der Waals surface area contributed by atoms with E-state index in [-0.39, 0.29) is 12.1 Å². The van der Waals surface area contributed by atoms with E-state index >= 15 is 0 Å². The monoisotopic (exact) mass is 272 g/mol. The van der Waals surface area contributed by atoms with E-state index in [1.807, 2.05) is 12.2 Å². The van der Waals surface area contributed by atoms with Crippen LogP contribution in [0.2, 0.25) is 0 Å². The van der Waals surface area contributed by atoms with Crippen LogP contribution in [0, 0.1) is 0 Å². The number of carbonyl (C=O) groups excluding carboxylic acids is 2. The molecule has 4 heteroatoms. The molecule has 1 aromatic rings. The fraction of sp³-hybridized carbons (Fsp3) is 0.250. The molecule has 2 rings (SSSR count). The largest absolute Gasteiger partial charge is 0.455 e. The maximum Gasteiger partial charge on any atom is 0.338 e. The minimum absolute atomic E-state index is 0.144. The molecule has 0 aromatic heterocycles. The van der Waals surface area contributed by atoms with Crippen LogP contribution in [-0.2, 0) is 9.53 Å². The van der Waals surface area contributed by atoms with Gasteiger partial charge < -0.3 is 9.47 Å². The fourth-order valence-corrected chi connectivity index (χ4v) is 1.90. The van der Waals surface area contributed by atoms with E-state index in [1.165, 1.54) is 0 Å². The summed E-state index contributed by atoms with van der Waals surface area (Å²) in [6, 6.07) is 6.24. The maximum absolute atomic E-state index is 11.9. The molecule has 0 aliphatic heterocycles. The van der Waals surface area contributed by atoms with Crippen LogP contribution >= 0.6 is 0 Å². The Labute approximate surface area is 117 Å². The molecule has 0 saturated heterocycles. The van der Waals surface area contributed by atoms with Crippen LogP contribution in [0.25, 0.3) is 0 Å². The van der Waals surface area contributed by atoms with Crippen LogP contribution in [0.1, 0.15) is 29.6 Å². The lowest BCUT2D eigenvalue weighted by molar-refractivity contribution is -0.128. The highest BCUT2D eigenvalue weighted by molar-refractivity contribution is 5.90. The Kier molecular flexibility index (Phi) is 4.71. The van der Waals surface area contributed by atoms with Crippen molar-refractivity contribution in [1.29, 1.82) is 0 Å². The van der Waals surface area contributed by atoms with Gasteiger partial charge in [-0.3, -0.25) is 0 Å². The smallest absolute Gasteiger partial charge is 0.338 e. The van der Waals surface area contributed by atoms with Gasteiger partial charge in [-0.05, 0) is 49.6 Å². The third-order valence-corrected chi connectivity index (χ3v) is 2.94. The zero-order chi connectivity index (χ0) is 14.4. The summed E-state index contributed by atoms with van der Waals surface area (Å²) < 4.78 is 10.3. The first-order valence-electron chi connectivity index (χ1n) is 6.51. The Balaban J connectivity index is 1.96. The zero-order valence-corrected chi connectivity index (χ0v) is 11.1. The van der Waals surface area contributed by atoms with Gasteiger partial charge in [-0.25, -0.2) is 9.59 Å². The molecular formula is C16H16O4. The molecule has 0 amide bonds. The van der Waals surface area contributed by atoms with Crippen molar-refractivity contribution in [2.24, 2.45) is 0 Å². The molecule has 104 valence electrons. The standard InChI is InChI=1S/C16H16O4/c1-2-15(17)19-14-10-8-12(9-11-14)16(18)20-13-6-4-3-5-7-13/h2,4,6,8-11,13H,1,3,5,7H2. The molecule has 1 atom stereocenters. The van der Waals surface area contributed by atoms with Crippen LogP contribution in [0.4, 0.5) is 0 Å². The van der Waals surface area contributed by atoms with Gasteiger partial charge in [-0.2, -0.15) is 0 Å². The first-order chi connectivity index (χ1) is 9.69. The van der Waals surface area contributed by atoms with Gasteiger partial charge in [0.1, 0.15) is 11.9 Å². The maximum atomic E-state index is 11.9. The van der Waals surface area contributed by atoms with Crippen LogP contribution in [-0.4, -0.2) is 18.0 Å². The van der Waals surface area contributed by atoms with Gasteiger partial charge in [0.2, 0.25) is 0 Å². The normalized spacial score (nSPS) is 17.3. The van der Waals surface area contributed by atoms with E-state index in [9.17, 15) is 9.59 Å². The van der Waals surface area contributed by atoms with Crippen molar-refractivity contribution in [3.05, 3.63) is 54.6 Å². The van der Waals surface area contributed by atoms with E-state index in [0.29, 0.717) is 11.3 Å². The number of esters is 2. The van der Waals surface area contributed by atoms with Crippen molar-refractivity contribution in [3.8, 4) is 5.75 Å². The first kappa shape index (κ1) is 14.1. The van der Waals surface area contributed by atoms with Gasteiger partial charge >= 0.3 is 11.9 Å². The summed E-state index contributed by atoms with van der Waals surface area (Å²) in [5.41, 5.74) is 0.433. The molecule has 4 nitrogen and oxygen atoms in total. The molecule has 1 unspecified atom stereocenters. The zero-order valence-electron chi connectivity index (χ0n) is 11.1. The SMILES string of the molecule is C=CC(=O)Oc1ccc(C(=O)OC2C=CCCC2)cc1. The minimum atomic E-state index is -0.535. The Bertz CT molecular complexity index is 528. The van der Waals surface area contributed by atoms with Crippen molar-refractivity contribution in [2.75, 3.05) is 0 Å². The Morgan fingerprint density at radius 2 is 2.00 bits per heavy atom. The number of carbonyl (C=O) groups is 2. The predicted molar refractivity (Wildman–Crippen MR) is 74.5 cm³/mol. The number of hydrogen-bond donors (Lipinski definition) is 0. The lowest BCUT2D eigenvalue weighted by Crippen LogP contribution is -2.17. The second kappa shape index (κ2) is 6.70. The summed E-state index contributed by atoms with van der Waals surface area (Å²) in [6.07, 6.45) is 7.81. The quantitative estimate of drug-likeness (QED) is 0.366. The van der Waals surface area contributed by atoms with Gasteiger partial charge in [0.25, 0.3) is 0 Å². The Morgan fingerprint density at radius 3 is 2.60 bits per heavy atom. The average Bonchev–Trinajstić information content (AvgIpc) is 2.49. The average molecular weight is 272 g/mol. The highest BCUT2D eigenvalue weighted by Gasteiger charge is 2.15. The van der Waals surface area contributed by atoms with Crippen LogP contribution in [0.3, 0.4) is 0 Å². The summed E-state index contributed by atoms with van der Waals surface area (Å²) in [5.74, 6) is -0.542. The lowest BCUT2D eigenvalue weighted by Gasteiger charge is -2.17. The van der Waals surface area contributed by atoms with Crippen LogP contribution in [0.15, 0.2) is 49.1 Å². The second-order valence-corrected chi connectivity index (χ2v) is 4.45. The molecule has 0 saturated carbocycles. The topological polar surface area (TPSA) is 52.6 Å². The highest BCUT2D eigenvalue weighted by atomic mass is 16.5. The summed E-state index contributed by atoms with van der Waals surface area (Å²) in [5, 5.41) is 0. The molecule has 0 fully saturated rings. The molecule has 0 bridgehead atoms. The van der Waals surface area contributed by atoms with Crippen molar-refractivity contribution < 1.29 is 19.1 Å². The van der Waals surface area contributed by atoms with Crippen LogP contribution in [0.5, 0.6) is 5.75 Å². The molecule has 0 radical (unpaired) electrons. The molecule has 1 aliphatic rings. The summed E-state index contributed by atoms with van der Waals surface area (Å²) >= 11 is 0. The van der Waals surface area contributed by atoms with E-state index in [1.54, 1.807) is 24.3 Å². The van der Waals surface area contributed by atoms with E-state index in [4.69, 9.17) is 9.47 Å². The molecule has 20 heavy (non-hydrogen) atoms. The predicted octanol–water partition coefficient (Wildman–Crippen LogP) is 3.04. The van der Waals surface area contributed by atoms with Crippen LogP contribution < -0.4 is 4.74 Å². The fourth-order valence-electron chi connectivity index (χ4n) is 1.90. The van der Waals surface area contributed by atoms with Crippen molar-refractivity contribution in [1.82, 2.24) is 0 Å². The van der Waals surface area contributed by atoms with Crippen molar-refractivity contribution in [3.63, 3.8) is 0 Å². The number of ether oxygens (including phenoxy) is 2. The molecular weight excluding hydrogens is 256 g/mol. The third kappa shape index (κ3) is 3.82. The van der Waals surface area contributed by atoms with Gasteiger partial charge in [0, 0.05) is 6.08 Å². The van der Waals surface area contributed by atoms with Gasteiger partial charge in [0.15, 0.2) is 0 Å². The molecule has 0 N–H and O–H groups in total. The number of hydrogen-bond acceptors (Lipinski definition) is 4. The lowest BCUT2D eigenvalue weighted by atomic mass is 10.1. The molecule has 1 aromatic carbocycles. The summed E-state index contributed by atoms with van der Waals surface area (Å²) in [4.78, 5) is 22.9. The van der Waals surface area contributed by atoms with Gasteiger partial charge in [0.05, 0.1) is 5.56 Å². The van der Waals surface area contributed by atoms with E-state index in [2.05, 4.69) is 6.58 Å². The number of benzene rings is 1. The number of rotatable bonds is 4. The summed E-state index contributed by atoms with van der Waals surface area (Å²) in [7, 11) is 0. The Morgan fingerprint density at radius 1 is 1.25 bits per heavy atom. The van der Waals surface area contributed by atoms with Crippen molar-refractivity contribution >= 4 is 11.9 Å². The first-order valence-corrected chi connectivity index (χ1v) is 6.51. The van der Waals surface area contributed by atoms with E-state index < -0.39 is 5.97 Å². The van der Waals surface area contributed by atoms with Gasteiger partial charge in [-0.1, -0.05) is 12.7 Å².